The second-order valence-electron chi connectivity index (χ2n) is 5.45. The molecule has 0 saturated heterocycles. The molecule has 2 aromatic carbocycles. The van der Waals surface area contributed by atoms with Gasteiger partial charge in [0.25, 0.3) is 0 Å². The molecule has 2 N–H and O–H groups in total. The Labute approximate surface area is 148 Å². The summed E-state index contributed by atoms with van der Waals surface area (Å²) >= 11 is 5.31. The van der Waals surface area contributed by atoms with Gasteiger partial charge in [0.1, 0.15) is 5.75 Å². The lowest BCUT2D eigenvalue weighted by Crippen LogP contribution is -1.95. The minimum Gasteiger partial charge on any atom is -0.497 e. The molecule has 0 atom stereocenters. The summed E-state index contributed by atoms with van der Waals surface area (Å²) in [7, 11) is 1.64. The van der Waals surface area contributed by atoms with Crippen LogP contribution in [-0.2, 0) is 0 Å². The van der Waals surface area contributed by atoms with Gasteiger partial charge < -0.3 is 9.72 Å². The van der Waals surface area contributed by atoms with E-state index in [4.69, 9.17) is 17.0 Å². The topological polar surface area (TPSA) is 71.0 Å². The van der Waals surface area contributed by atoms with E-state index in [1.54, 1.807) is 18.0 Å². The van der Waals surface area contributed by atoms with Crippen LogP contribution in [0, 0.1) is 4.77 Å². The molecular formula is C18H15N5OS. The number of para-hydroxylation sites is 1. The van der Waals surface area contributed by atoms with E-state index >= 15 is 0 Å². The lowest BCUT2D eigenvalue weighted by molar-refractivity contribution is 0.415. The Kier molecular flexibility index (Phi) is 3.91. The molecular weight excluding hydrogens is 334 g/mol. The van der Waals surface area contributed by atoms with E-state index in [-0.39, 0.29) is 0 Å². The molecule has 0 amide bonds. The molecule has 2 heterocycles. The lowest BCUT2D eigenvalue weighted by Gasteiger charge is -2.00. The summed E-state index contributed by atoms with van der Waals surface area (Å²) in [6.07, 6.45) is 1.73. The van der Waals surface area contributed by atoms with Crippen LogP contribution in [0.15, 0.2) is 59.7 Å². The Balaban J connectivity index is 1.71. The first kappa shape index (κ1) is 15.3. The van der Waals surface area contributed by atoms with Gasteiger partial charge in [0.05, 0.1) is 19.0 Å². The molecule has 0 aliphatic heterocycles. The molecule has 0 fully saturated rings. The highest BCUT2D eigenvalue weighted by Crippen LogP contribution is 2.22. The average Bonchev–Trinajstić information content (AvgIpc) is 3.23. The van der Waals surface area contributed by atoms with Gasteiger partial charge in [-0.2, -0.15) is 14.9 Å². The second kappa shape index (κ2) is 6.37. The molecule has 0 aliphatic carbocycles. The van der Waals surface area contributed by atoms with Crippen LogP contribution in [0.2, 0.25) is 0 Å². The van der Waals surface area contributed by atoms with E-state index in [1.165, 1.54) is 0 Å². The standard InChI is InChI=1S/C18H15N5OS/c1-24-14-8-6-12(7-9-14)11-19-23-17(21-22-18(23)25)16-10-13-4-2-3-5-15(13)20-16/h2-11,20H,1H3,(H,22,25)/b19-11+. The molecule has 6 nitrogen and oxygen atoms in total. The predicted molar refractivity (Wildman–Crippen MR) is 101 cm³/mol. The van der Waals surface area contributed by atoms with E-state index in [0.29, 0.717) is 10.6 Å². The number of nitrogens with zero attached hydrogens (tertiary/aromatic N) is 3. The molecule has 124 valence electrons. The maximum absolute atomic E-state index is 5.31. The Bertz CT molecular complexity index is 1070. The fraction of sp³-hybridized carbons (Fsp3) is 0.0556. The second-order valence-corrected chi connectivity index (χ2v) is 5.84. The Morgan fingerprint density at radius 2 is 1.96 bits per heavy atom. The van der Waals surface area contributed by atoms with Crippen LogP contribution in [0.4, 0.5) is 0 Å². The number of benzene rings is 2. The van der Waals surface area contributed by atoms with Gasteiger partial charge in [0, 0.05) is 10.9 Å². The van der Waals surface area contributed by atoms with Crippen molar-refractivity contribution in [3.8, 4) is 17.3 Å². The lowest BCUT2D eigenvalue weighted by atomic mass is 10.2. The molecule has 0 aliphatic rings. The minimum absolute atomic E-state index is 0.429. The average molecular weight is 349 g/mol. The largest absolute Gasteiger partial charge is 0.497 e. The number of hydrogen-bond donors (Lipinski definition) is 2. The molecule has 0 bridgehead atoms. The van der Waals surface area contributed by atoms with E-state index < -0.39 is 0 Å². The quantitative estimate of drug-likeness (QED) is 0.432. The highest BCUT2D eigenvalue weighted by atomic mass is 32.1. The van der Waals surface area contributed by atoms with Crippen LogP contribution in [0.5, 0.6) is 5.75 Å². The van der Waals surface area contributed by atoms with E-state index in [9.17, 15) is 0 Å². The Hall–Kier alpha value is -3.19. The van der Waals surface area contributed by atoms with Gasteiger partial charge in [-0.05, 0) is 54.2 Å². The summed E-state index contributed by atoms with van der Waals surface area (Å²) in [5.74, 6) is 1.43. The fourth-order valence-electron chi connectivity index (χ4n) is 2.58. The van der Waals surface area contributed by atoms with Crippen molar-refractivity contribution in [1.29, 1.82) is 0 Å². The van der Waals surface area contributed by atoms with Gasteiger partial charge in [-0.3, -0.25) is 0 Å². The zero-order valence-electron chi connectivity index (χ0n) is 13.4. The van der Waals surface area contributed by atoms with Gasteiger partial charge in [-0.15, -0.1) is 0 Å². The van der Waals surface area contributed by atoms with Crippen molar-refractivity contribution >= 4 is 29.3 Å². The number of aromatic nitrogens is 4. The SMILES string of the molecule is COc1ccc(/C=N/n2c(-c3cc4ccccc4[nH]3)n[nH]c2=S)cc1. The number of fused-ring (bicyclic) bond motifs is 1. The summed E-state index contributed by atoms with van der Waals surface area (Å²) < 4.78 is 7.19. The number of hydrogen-bond acceptors (Lipinski definition) is 4. The van der Waals surface area contributed by atoms with Gasteiger partial charge >= 0.3 is 0 Å². The Morgan fingerprint density at radius 1 is 1.16 bits per heavy atom. The first-order valence-electron chi connectivity index (χ1n) is 7.68. The number of ether oxygens (including phenoxy) is 1. The fourth-order valence-corrected chi connectivity index (χ4v) is 2.76. The monoisotopic (exact) mass is 349 g/mol. The van der Waals surface area contributed by atoms with E-state index in [1.807, 2.05) is 54.6 Å². The molecule has 0 saturated carbocycles. The zero-order chi connectivity index (χ0) is 17.2. The van der Waals surface area contributed by atoms with Gasteiger partial charge in [-0.1, -0.05) is 18.2 Å². The number of nitrogens with one attached hydrogen (secondary N) is 2. The van der Waals surface area contributed by atoms with Crippen LogP contribution in [-0.4, -0.2) is 33.2 Å². The van der Waals surface area contributed by atoms with Crippen LogP contribution >= 0.6 is 12.2 Å². The molecule has 0 spiro atoms. The highest BCUT2D eigenvalue weighted by Gasteiger charge is 2.11. The van der Waals surface area contributed by atoms with Crippen molar-refractivity contribution in [2.45, 2.75) is 0 Å². The van der Waals surface area contributed by atoms with Crippen LogP contribution in [0.3, 0.4) is 0 Å². The third kappa shape index (κ3) is 2.97. The number of rotatable bonds is 4. The number of aromatic amines is 2. The third-order valence-corrected chi connectivity index (χ3v) is 4.12. The first-order chi connectivity index (χ1) is 12.2. The maximum Gasteiger partial charge on any atom is 0.216 e. The summed E-state index contributed by atoms with van der Waals surface area (Å²) in [6.45, 7) is 0. The smallest absolute Gasteiger partial charge is 0.216 e. The van der Waals surface area contributed by atoms with Gasteiger partial charge in [0.2, 0.25) is 4.77 Å². The Morgan fingerprint density at radius 3 is 2.72 bits per heavy atom. The van der Waals surface area contributed by atoms with E-state index in [0.717, 1.165) is 27.9 Å². The summed E-state index contributed by atoms with van der Waals surface area (Å²) in [4.78, 5) is 3.34. The molecule has 0 unspecified atom stereocenters. The van der Waals surface area contributed by atoms with Gasteiger partial charge in [0.15, 0.2) is 5.82 Å². The molecule has 7 heteroatoms. The first-order valence-corrected chi connectivity index (χ1v) is 8.09. The normalized spacial score (nSPS) is 11.4. The van der Waals surface area contributed by atoms with Crippen molar-refractivity contribution in [2.24, 2.45) is 5.10 Å². The van der Waals surface area contributed by atoms with Crippen molar-refractivity contribution in [3.63, 3.8) is 0 Å². The molecule has 4 aromatic rings. The summed E-state index contributed by atoms with van der Waals surface area (Å²) in [6, 6.07) is 17.7. The van der Waals surface area contributed by atoms with Crippen LogP contribution in [0.1, 0.15) is 5.56 Å². The minimum atomic E-state index is 0.429. The molecule has 25 heavy (non-hydrogen) atoms. The maximum atomic E-state index is 5.31. The van der Waals surface area contributed by atoms with Crippen molar-refractivity contribution < 1.29 is 4.74 Å². The summed E-state index contributed by atoms with van der Waals surface area (Å²) in [5, 5.41) is 12.7. The van der Waals surface area contributed by atoms with E-state index in [2.05, 4.69) is 20.3 Å². The highest BCUT2D eigenvalue weighted by molar-refractivity contribution is 7.71. The van der Waals surface area contributed by atoms with Crippen molar-refractivity contribution in [1.82, 2.24) is 19.9 Å². The van der Waals surface area contributed by atoms with Crippen LogP contribution < -0.4 is 4.74 Å². The predicted octanol–water partition coefficient (Wildman–Crippen LogP) is 3.98. The number of methoxy groups -OCH3 is 1. The zero-order valence-corrected chi connectivity index (χ0v) is 14.2. The summed E-state index contributed by atoms with van der Waals surface area (Å²) in [5.41, 5.74) is 2.82. The molecule has 0 radical (unpaired) electrons. The van der Waals surface area contributed by atoms with Crippen molar-refractivity contribution in [3.05, 3.63) is 64.9 Å². The van der Waals surface area contributed by atoms with Gasteiger partial charge in [-0.25, -0.2) is 5.10 Å². The van der Waals surface area contributed by atoms with Crippen LogP contribution in [0.25, 0.3) is 22.4 Å². The number of H-pyrrole nitrogens is 2. The third-order valence-electron chi connectivity index (χ3n) is 3.86. The molecule has 2 aromatic heterocycles. The van der Waals surface area contributed by atoms with Crippen molar-refractivity contribution in [2.75, 3.05) is 7.11 Å². The molecule has 4 rings (SSSR count).